The van der Waals surface area contributed by atoms with Gasteiger partial charge in [0.2, 0.25) is 0 Å². The fourth-order valence-corrected chi connectivity index (χ4v) is 3.77. The number of hydrogen-bond acceptors (Lipinski definition) is 3. The minimum absolute atomic E-state index is 0.588. The van der Waals surface area contributed by atoms with Gasteiger partial charge in [0, 0.05) is 33.8 Å². The first-order chi connectivity index (χ1) is 8.83. The van der Waals surface area contributed by atoms with E-state index in [2.05, 4.69) is 56.6 Å². The van der Waals surface area contributed by atoms with Gasteiger partial charge in [-0.2, -0.15) is 0 Å². The van der Waals surface area contributed by atoms with Crippen molar-refractivity contribution in [2.24, 2.45) is 0 Å². The van der Waals surface area contributed by atoms with Crippen molar-refractivity contribution in [3.8, 4) is 0 Å². The normalized spacial score (nSPS) is 17.5. The van der Waals surface area contributed by atoms with Gasteiger partial charge in [0.15, 0.2) is 0 Å². The molecular formula is C14H13BrN2S. The average molecular weight is 321 g/mol. The van der Waals surface area contributed by atoms with Gasteiger partial charge in [-0.3, -0.25) is 4.98 Å². The van der Waals surface area contributed by atoms with Gasteiger partial charge in [0.05, 0.1) is 11.9 Å². The summed E-state index contributed by atoms with van der Waals surface area (Å²) in [5, 5.41) is 3.46. The second-order valence-corrected chi connectivity index (χ2v) is 6.30. The SMILES string of the molecule is Brc1cncc(NCC2CSc3ccccc32)c1. The van der Waals surface area contributed by atoms with E-state index in [-0.39, 0.29) is 0 Å². The number of anilines is 1. The van der Waals surface area contributed by atoms with Crippen LogP contribution in [0.1, 0.15) is 11.5 Å². The topological polar surface area (TPSA) is 24.9 Å². The van der Waals surface area contributed by atoms with E-state index >= 15 is 0 Å². The fraction of sp³-hybridized carbons (Fsp3) is 0.214. The molecule has 1 aromatic carbocycles. The molecule has 2 nitrogen and oxygen atoms in total. The van der Waals surface area contributed by atoms with Crippen molar-refractivity contribution < 1.29 is 0 Å². The van der Waals surface area contributed by atoms with Crippen LogP contribution in [0.5, 0.6) is 0 Å². The molecule has 0 fully saturated rings. The van der Waals surface area contributed by atoms with Crippen molar-refractivity contribution in [1.29, 1.82) is 0 Å². The molecule has 92 valence electrons. The molecule has 4 heteroatoms. The number of pyridine rings is 1. The summed E-state index contributed by atoms with van der Waals surface area (Å²) in [6, 6.07) is 10.7. The van der Waals surface area contributed by atoms with Crippen molar-refractivity contribution in [2.75, 3.05) is 17.6 Å². The van der Waals surface area contributed by atoms with E-state index in [9.17, 15) is 0 Å². The highest BCUT2D eigenvalue weighted by atomic mass is 79.9. The van der Waals surface area contributed by atoms with Gasteiger partial charge in [0.1, 0.15) is 0 Å². The molecular weight excluding hydrogens is 308 g/mol. The van der Waals surface area contributed by atoms with E-state index < -0.39 is 0 Å². The number of fused-ring (bicyclic) bond motifs is 1. The summed E-state index contributed by atoms with van der Waals surface area (Å²) in [4.78, 5) is 5.59. The highest BCUT2D eigenvalue weighted by Gasteiger charge is 2.22. The third kappa shape index (κ3) is 2.54. The number of aromatic nitrogens is 1. The van der Waals surface area contributed by atoms with Gasteiger partial charge in [-0.1, -0.05) is 18.2 Å². The first-order valence-corrected chi connectivity index (χ1v) is 7.67. The second kappa shape index (κ2) is 5.33. The smallest absolute Gasteiger partial charge is 0.0538 e. The Labute approximate surface area is 119 Å². The maximum Gasteiger partial charge on any atom is 0.0538 e. The highest BCUT2D eigenvalue weighted by Crippen LogP contribution is 2.39. The average Bonchev–Trinajstić information content (AvgIpc) is 2.80. The molecule has 0 saturated heterocycles. The van der Waals surface area contributed by atoms with Crippen LogP contribution in [-0.4, -0.2) is 17.3 Å². The van der Waals surface area contributed by atoms with Gasteiger partial charge in [0.25, 0.3) is 0 Å². The van der Waals surface area contributed by atoms with Gasteiger partial charge in [-0.15, -0.1) is 11.8 Å². The fourth-order valence-electron chi connectivity index (χ4n) is 2.15. The Bertz CT molecular complexity index is 559. The lowest BCUT2D eigenvalue weighted by Crippen LogP contribution is -2.12. The summed E-state index contributed by atoms with van der Waals surface area (Å²) in [7, 11) is 0. The zero-order valence-electron chi connectivity index (χ0n) is 9.77. The summed E-state index contributed by atoms with van der Waals surface area (Å²) >= 11 is 5.38. The number of nitrogens with one attached hydrogen (secondary N) is 1. The molecule has 0 saturated carbocycles. The molecule has 1 N–H and O–H groups in total. The molecule has 1 aromatic heterocycles. The number of benzene rings is 1. The van der Waals surface area contributed by atoms with Crippen LogP contribution in [0.2, 0.25) is 0 Å². The molecule has 1 aliphatic heterocycles. The van der Waals surface area contributed by atoms with Crippen LogP contribution in [0.25, 0.3) is 0 Å². The van der Waals surface area contributed by atoms with Gasteiger partial charge >= 0.3 is 0 Å². The van der Waals surface area contributed by atoms with Crippen molar-refractivity contribution in [1.82, 2.24) is 4.98 Å². The number of hydrogen-bond donors (Lipinski definition) is 1. The van der Waals surface area contributed by atoms with E-state index in [1.807, 2.05) is 18.0 Å². The van der Waals surface area contributed by atoms with Crippen LogP contribution in [-0.2, 0) is 0 Å². The van der Waals surface area contributed by atoms with E-state index in [0.29, 0.717) is 5.92 Å². The molecule has 0 radical (unpaired) electrons. The van der Waals surface area contributed by atoms with Crippen LogP contribution in [0, 0.1) is 0 Å². The predicted octanol–water partition coefficient (Wildman–Crippen LogP) is 4.15. The standard InChI is InChI=1S/C14H13BrN2S/c15-11-5-12(8-16-7-11)17-6-10-9-18-14-4-2-1-3-13(10)14/h1-5,7-8,10,17H,6,9H2. The Kier molecular flexibility index (Phi) is 3.57. The van der Waals surface area contributed by atoms with E-state index in [0.717, 1.165) is 22.5 Å². The van der Waals surface area contributed by atoms with Crippen LogP contribution < -0.4 is 5.32 Å². The molecule has 0 bridgehead atoms. The molecule has 0 aliphatic carbocycles. The van der Waals surface area contributed by atoms with E-state index in [4.69, 9.17) is 0 Å². The summed E-state index contributed by atoms with van der Waals surface area (Å²) < 4.78 is 1.01. The molecule has 1 unspecified atom stereocenters. The highest BCUT2D eigenvalue weighted by molar-refractivity contribution is 9.10. The van der Waals surface area contributed by atoms with Crippen molar-refractivity contribution in [2.45, 2.75) is 10.8 Å². The first kappa shape index (κ1) is 12.1. The Morgan fingerprint density at radius 2 is 2.22 bits per heavy atom. The monoisotopic (exact) mass is 320 g/mol. The van der Waals surface area contributed by atoms with E-state index in [1.165, 1.54) is 10.5 Å². The summed E-state index contributed by atoms with van der Waals surface area (Å²) in [6.45, 7) is 0.960. The Morgan fingerprint density at radius 3 is 3.11 bits per heavy atom. The van der Waals surface area contributed by atoms with Crippen LogP contribution >= 0.6 is 27.7 Å². The summed E-state index contributed by atoms with van der Waals surface area (Å²) in [6.07, 6.45) is 3.66. The third-order valence-electron chi connectivity index (χ3n) is 3.06. The summed E-state index contributed by atoms with van der Waals surface area (Å²) in [5.41, 5.74) is 2.54. The molecule has 18 heavy (non-hydrogen) atoms. The number of halogens is 1. The lowest BCUT2D eigenvalue weighted by Gasteiger charge is -2.13. The molecule has 1 atom stereocenters. The quantitative estimate of drug-likeness (QED) is 0.919. The number of thioether (sulfide) groups is 1. The van der Waals surface area contributed by atoms with Crippen LogP contribution in [0.15, 0.2) is 52.1 Å². The molecule has 1 aliphatic rings. The van der Waals surface area contributed by atoms with Gasteiger partial charge in [-0.05, 0) is 33.6 Å². The zero-order chi connectivity index (χ0) is 12.4. The lowest BCUT2D eigenvalue weighted by atomic mass is 10.0. The van der Waals surface area contributed by atoms with Crippen molar-refractivity contribution >= 4 is 33.4 Å². The molecule has 2 aromatic rings. The van der Waals surface area contributed by atoms with Gasteiger partial charge in [-0.25, -0.2) is 0 Å². The largest absolute Gasteiger partial charge is 0.383 e. The lowest BCUT2D eigenvalue weighted by molar-refractivity contribution is 0.818. The Balaban J connectivity index is 1.69. The third-order valence-corrected chi connectivity index (χ3v) is 4.74. The van der Waals surface area contributed by atoms with Crippen LogP contribution in [0.4, 0.5) is 5.69 Å². The number of nitrogens with zero attached hydrogens (tertiary/aromatic N) is 1. The molecule has 0 amide bonds. The van der Waals surface area contributed by atoms with E-state index in [1.54, 1.807) is 6.20 Å². The zero-order valence-corrected chi connectivity index (χ0v) is 12.2. The Morgan fingerprint density at radius 1 is 1.33 bits per heavy atom. The van der Waals surface area contributed by atoms with Crippen LogP contribution in [0.3, 0.4) is 0 Å². The van der Waals surface area contributed by atoms with Crippen molar-refractivity contribution in [3.05, 3.63) is 52.8 Å². The number of rotatable bonds is 3. The maximum atomic E-state index is 4.16. The summed E-state index contributed by atoms with van der Waals surface area (Å²) in [5.74, 6) is 1.75. The minimum atomic E-state index is 0.588. The first-order valence-electron chi connectivity index (χ1n) is 5.89. The van der Waals surface area contributed by atoms with Gasteiger partial charge < -0.3 is 5.32 Å². The maximum absolute atomic E-state index is 4.16. The van der Waals surface area contributed by atoms with Crippen molar-refractivity contribution in [3.63, 3.8) is 0 Å². The molecule has 3 rings (SSSR count). The molecule has 0 spiro atoms. The predicted molar refractivity (Wildman–Crippen MR) is 80.3 cm³/mol. The molecule has 2 heterocycles. The second-order valence-electron chi connectivity index (χ2n) is 4.32. The minimum Gasteiger partial charge on any atom is -0.383 e. The Hall–Kier alpha value is -1.00.